The lowest BCUT2D eigenvalue weighted by Crippen LogP contribution is -2.26. The maximum Gasteiger partial charge on any atom is 0.344 e. The van der Waals surface area contributed by atoms with E-state index in [0.717, 1.165) is 12.1 Å². The van der Waals surface area contributed by atoms with Crippen LogP contribution in [0.5, 0.6) is 5.75 Å². The second-order valence-electron chi connectivity index (χ2n) is 3.55. The third-order valence-corrected chi connectivity index (χ3v) is 2.24. The molecule has 5 heteroatoms. The summed E-state index contributed by atoms with van der Waals surface area (Å²) in [4.78, 5) is 22.1. The van der Waals surface area contributed by atoms with Crippen molar-refractivity contribution in [2.24, 2.45) is 0 Å². The van der Waals surface area contributed by atoms with Crippen molar-refractivity contribution in [3.8, 4) is 5.75 Å². The number of benzene rings is 1. The predicted molar refractivity (Wildman–Crippen MR) is 58.7 cm³/mol. The van der Waals surface area contributed by atoms with Crippen LogP contribution < -0.4 is 4.74 Å². The first kappa shape index (κ1) is 13.2. The summed E-state index contributed by atoms with van der Waals surface area (Å²) in [6.45, 7) is 2.94. The molecule has 0 spiro atoms. The number of hydrogen-bond donors (Lipinski definition) is 1. The summed E-state index contributed by atoms with van der Waals surface area (Å²) in [5.74, 6) is -2.07. The van der Waals surface area contributed by atoms with Gasteiger partial charge in [0.25, 0.3) is 0 Å². The minimum atomic E-state index is -1.15. The first-order valence-electron chi connectivity index (χ1n) is 5.15. The van der Waals surface area contributed by atoms with E-state index >= 15 is 0 Å². The standard InChI is InChI=1S/C12H13FO4/c1-3-10(12(15)16)17-11-6-8(13)4-5-9(11)7(2)14/h4-6,10H,3H2,1-2H3,(H,15,16). The fourth-order valence-corrected chi connectivity index (χ4v) is 1.35. The molecule has 1 N–H and O–H groups in total. The fraction of sp³-hybridized carbons (Fsp3) is 0.333. The van der Waals surface area contributed by atoms with Crippen molar-refractivity contribution in [2.75, 3.05) is 0 Å². The van der Waals surface area contributed by atoms with Gasteiger partial charge in [0.15, 0.2) is 11.9 Å². The van der Waals surface area contributed by atoms with Crippen LogP contribution >= 0.6 is 0 Å². The molecule has 0 aliphatic heterocycles. The predicted octanol–water partition coefficient (Wildman–Crippen LogP) is 2.27. The molecule has 0 saturated carbocycles. The number of Topliss-reactive ketones (excluding diaryl/α,β-unsaturated/α-hetero) is 1. The van der Waals surface area contributed by atoms with Crippen molar-refractivity contribution >= 4 is 11.8 Å². The van der Waals surface area contributed by atoms with Gasteiger partial charge in [-0.25, -0.2) is 9.18 Å². The molecule has 17 heavy (non-hydrogen) atoms. The molecular formula is C12H13FO4. The molecule has 0 fully saturated rings. The van der Waals surface area contributed by atoms with Crippen LogP contribution in [0.25, 0.3) is 0 Å². The minimum absolute atomic E-state index is 0.0354. The molecule has 0 aromatic heterocycles. The molecule has 1 aromatic carbocycles. The van der Waals surface area contributed by atoms with Crippen LogP contribution in [0.4, 0.5) is 4.39 Å². The van der Waals surface area contributed by atoms with E-state index in [4.69, 9.17) is 9.84 Å². The van der Waals surface area contributed by atoms with E-state index in [9.17, 15) is 14.0 Å². The largest absolute Gasteiger partial charge is 0.479 e. The first-order chi connectivity index (χ1) is 7.95. The molecule has 1 rings (SSSR count). The summed E-state index contributed by atoms with van der Waals surface area (Å²) >= 11 is 0. The number of aliphatic carboxylic acids is 1. The van der Waals surface area contributed by atoms with E-state index in [1.807, 2.05) is 0 Å². The molecule has 0 aliphatic carbocycles. The summed E-state index contributed by atoms with van der Waals surface area (Å²) in [7, 11) is 0. The van der Waals surface area contributed by atoms with E-state index < -0.39 is 17.9 Å². The summed E-state index contributed by atoms with van der Waals surface area (Å²) in [5, 5.41) is 8.83. The zero-order valence-electron chi connectivity index (χ0n) is 9.57. The zero-order chi connectivity index (χ0) is 13.0. The third kappa shape index (κ3) is 3.27. The van der Waals surface area contributed by atoms with E-state index in [1.165, 1.54) is 13.0 Å². The Balaban J connectivity index is 3.07. The molecule has 0 heterocycles. The molecule has 0 radical (unpaired) electrons. The molecular weight excluding hydrogens is 227 g/mol. The summed E-state index contributed by atoms with van der Waals surface area (Å²) in [5.41, 5.74) is 0.172. The van der Waals surface area contributed by atoms with Gasteiger partial charge in [0.1, 0.15) is 11.6 Å². The lowest BCUT2D eigenvalue weighted by Gasteiger charge is -2.15. The molecule has 0 aliphatic rings. The van der Waals surface area contributed by atoms with Gasteiger partial charge in [0.05, 0.1) is 5.56 Å². The van der Waals surface area contributed by atoms with Crippen molar-refractivity contribution in [3.63, 3.8) is 0 Å². The number of ether oxygens (including phenoxy) is 1. The Morgan fingerprint density at radius 1 is 1.47 bits per heavy atom. The average Bonchev–Trinajstić information content (AvgIpc) is 2.25. The molecule has 0 saturated heterocycles. The maximum atomic E-state index is 13.0. The van der Waals surface area contributed by atoms with Gasteiger partial charge in [-0.15, -0.1) is 0 Å². The van der Waals surface area contributed by atoms with Gasteiger partial charge in [-0.2, -0.15) is 0 Å². The van der Waals surface area contributed by atoms with Crippen LogP contribution in [0.15, 0.2) is 18.2 Å². The van der Waals surface area contributed by atoms with E-state index in [1.54, 1.807) is 6.92 Å². The van der Waals surface area contributed by atoms with Crippen molar-refractivity contribution < 1.29 is 23.8 Å². The molecule has 1 unspecified atom stereocenters. The van der Waals surface area contributed by atoms with Gasteiger partial charge in [0, 0.05) is 6.07 Å². The highest BCUT2D eigenvalue weighted by atomic mass is 19.1. The minimum Gasteiger partial charge on any atom is -0.479 e. The second-order valence-corrected chi connectivity index (χ2v) is 3.55. The Labute approximate surface area is 98.0 Å². The van der Waals surface area contributed by atoms with Crippen LogP contribution in [-0.4, -0.2) is 23.0 Å². The Morgan fingerprint density at radius 2 is 2.12 bits per heavy atom. The quantitative estimate of drug-likeness (QED) is 0.802. The number of carbonyl (C=O) groups excluding carboxylic acids is 1. The zero-order valence-corrected chi connectivity index (χ0v) is 9.57. The van der Waals surface area contributed by atoms with Gasteiger partial charge < -0.3 is 9.84 Å². The summed E-state index contributed by atoms with van der Waals surface area (Å²) in [6, 6.07) is 3.43. The molecule has 4 nitrogen and oxygen atoms in total. The molecule has 1 aromatic rings. The number of halogens is 1. The van der Waals surface area contributed by atoms with E-state index in [0.29, 0.717) is 0 Å². The number of ketones is 1. The monoisotopic (exact) mass is 240 g/mol. The van der Waals surface area contributed by atoms with Crippen molar-refractivity contribution in [1.29, 1.82) is 0 Å². The maximum absolute atomic E-state index is 13.0. The Morgan fingerprint density at radius 3 is 2.59 bits per heavy atom. The van der Waals surface area contributed by atoms with E-state index in [2.05, 4.69) is 0 Å². The summed E-state index contributed by atoms with van der Waals surface area (Å²) in [6.07, 6.45) is -0.863. The van der Waals surface area contributed by atoms with Gasteiger partial charge in [-0.1, -0.05) is 6.92 Å². The van der Waals surface area contributed by atoms with Crippen molar-refractivity contribution in [3.05, 3.63) is 29.6 Å². The highest BCUT2D eigenvalue weighted by Gasteiger charge is 2.20. The van der Waals surface area contributed by atoms with Crippen molar-refractivity contribution in [1.82, 2.24) is 0 Å². The Bertz CT molecular complexity index is 442. The van der Waals surface area contributed by atoms with E-state index in [-0.39, 0.29) is 23.5 Å². The molecule has 0 amide bonds. The highest BCUT2D eigenvalue weighted by Crippen LogP contribution is 2.22. The van der Waals surface area contributed by atoms with Crippen molar-refractivity contribution in [2.45, 2.75) is 26.4 Å². The number of carbonyl (C=O) groups is 2. The van der Waals surface area contributed by atoms with Gasteiger partial charge in [0.2, 0.25) is 0 Å². The van der Waals surface area contributed by atoms with Crippen LogP contribution in [-0.2, 0) is 4.79 Å². The number of rotatable bonds is 5. The van der Waals surface area contributed by atoms with Crippen LogP contribution in [0.3, 0.4) is 0 Å². The molecule has 1 atom stereocenters. The topological polar surface area (TPSA) is 63.6 Å². The summed E-state index contributed by atoms with van der Waals surface area (Å²) < 4.78 is 18.2. The Kier molecular flexibility index (Phi) is 4.20. The smallest absolute Gasteiger partial charge is 0.344 e. The fourth-order valence-electron chi connectivity index (χ4n) is 1.35. The normalized spacial score (nSPS) is 11.9. The van der Waals surface area contributed by atoms with Crippen LogP contribution in [0, 0.1) is 5.82 Å². The number of carboxylic acid groups (broad SMARTS) is 1. The lowest BCUT2D eigenvalue weighted by molar-refractivity contribution is -0.145. The Hall–Kier alpha value is -1.91. The van der Waals surface area contributed by atoms with Gasteiger partial charge in [-0.3, -0.25) is 4.79 Å². The SMILES string of the molecule is CCC(Oc1cc(F)ccc1C(C)=O)C(=O)O. The van der Waals surface area contributed by atoms with Gasteiger partial charge >= 0.3 is 5.97 Å². The van der Waals surface area contributed by atoms with Crippen LogP contribution in [0.1, 0.15) is 30.6 Å². The molecule has 92 valence electrons. The van der Waals surface area contributed by atoms with Gasteiger partial charge in [-0.05, 0) is 25.5 Å². The lowest BCUT2D eigenvalue weighted by atomic mass is 10.1. The van der Waals surface area contributed by atoms with Crippen LogP contribution in [0.2, 0.25) is 0 Å². The average molecular weight is 240 g/mol. The number of carboxylic acids is 1. The first-order valence-corrected chi connectivity index (χ1v) is 5.15. The third-order valence-electron chi connectivity index (χ3n) is 2.24. The molecule has 0 bridgehead atoms. The highest BCUT2D eigenvalue weighted by molar-refractivity contribution is 5.96. The number of hydrogen-bond acceptors (Lipinski definition) is 3. The second kappa shape index (κ2) is 5.43.